The van der Waals surface area contributed by atoms with Gasteiger partial charge in [-0.15, -0.1) is 34.0 Å². The first-order chi connectivity index (χ1) is 17.3. The van der Waals surface area contributed by atoms with Crippen molar-refractivity contribution in [2.75, 3.05) is 0 Å². The number of thiophene rings is 3. The van der Waals surface area contributed by atoms with Gasteiger partial charge < -0.3 is 0 Å². The summed E-state index contributed by atoms with van der Waals surface area (Å²) in [7, 11) is 0. The van der Waals surface area contributed by atoms with E-state index in [9.17, 15) is 5.26 Å². The molecule has 0 spiro atoms. The minimum Gasteiger partial charge on any atom is -0.192 e. The molecular formula is C31H17NS3. The van der Waals surface area contributed by atoms with Gasteiger partial charge in [-0.3, -0.25) is 0 Å². The van der Waals surface area contributed by atoms with E-state index in [0.29, 0.717) is 5.56 Å². The molecule has 0 atom stereocenters. The van der Waals surface area contributed by atoms with Crippen LogP contribution < -0.4 is 0 Å². The van der Waals surface area contributed by atoms with Crippen molar-refractivity contribution in [2.24, 2.45) is 0 Å². The molecule has 0 amide bonds. The zero-order valence-corrected chi connectivity index (χ0v) is 20.9. The number of rotatable bonds is 3. The first kappa shape index (κ1) is 20.6. The number of nitriles is 1. The average molecular weight is 500 g/mol. The summed E-state index contributed by atoms with van der Waals surface area (Å²) in [4.78, 5) is 3.84. The Hall–Kier alpha value is -3.75. The van der Waals surface area contributed by atoms with Crippen LogP contribution >= 0.6 is 34.0 Å². The van der Waals surface area contributed by atoms with Crippen molar-refractivity contribution < 1.29 is 0 Å². The summed E-state index contributed by atoms with van der Waals surface area (Å²) in [5.74, 6) is 0. The van der Waals surface area contributed by atoms with E-state index >= 15 is 0 Å². The van der Waals surface area contributed by atoms with Crippen LogP contribution in [0.3, 0.4) is 0 Å². The van der Waals surface area contributed by atoms with E-state index in [0.717, 1.165) is 5.56 Å². The third kappa shape index (κ3) is 3.40. The predicted molar refractivity (Wildman–Crippen MR) is 154 cm³/mol. The Morgan fingerprint density at radius 2 is 0.829 bits per heavy atom. The van der Waals surface area contributed by atoms with Gasteiger partial charge in [-0.25, -0.2) is 0 Å². The molecule has 0 N–H and O–H groups in total. The molecule has 0 saturated heterocycles. The lowest BCUT2D eigenvalue weighted by molar-refractivity contribution is 1.49. The minimum absolute atomic E-state index is 0.690. The molecule has 4 heteroatoms. The number of benzene rings is 4. The van der Waals surface area contributed by atoms with Gasteiger partial charge in [-0.2, -0.15) is 5.26 Å². The first-order valence-corrected chi connectivity index (χ1v) is 13.8. The second-order valence-corrected chi connectivity index (χ2v) is 11.6. The Bertz CT molecular complexity index is 1770. The predicted octanol–water partition coefficient (Wildman–Crippen LogP) is 10.2. The van der Waals surface area contributed by atoms with E-state index in [2.05, 4.69) is 97.1 Å². The summed E-state index contributed by atoms with van der Waals surface area (Å²) >= 11 is 5.63. The zero-order chi connectivity index (χ0) is 23.4. The van der Waals surface area contributed by atoms with Crippen LogP contribution in [0.4, 0.5) is 0 Å². The Balaban J connectivity index is 1.54. The highest BCUT2D eigenvalue weighted by molar-refractivity contribution is 7.29. The highest BCUT2D eigenvalue weighted by Gasteiger charge is 2.19. The zero-order valence-electron chi connectivity index (χ0n) is 18.5. The van der Waals surface area contributed by atoms with Crippen molar-refractivity contribution in [1.82, 2.24) is 0 Å². The van der Waals surface area contributed by atoms with E-state index < -0.39 is 0 Å². The third-order valence-electron chi connectivity index (χ3n) is 6.35. The molecule has 0 bridgehead atoms. The molecular weight excluding hydrogens is 483 g/mol. The Morgan fingerprint density at radius 1 is 0.457 bits per heavy atom. The van der Waals surface area contributed by atoms with Crippen molar-refractivity contribution >= 4 is 64.3 Å². The quantitative estimate of drug-likeness (QED) is 0.237. The van der Waals surface area contributed by atoms with E-state index in [1.165, 1.54) is 56.0 Å². The average Bonchev–Trinajstić information content (AvgIpc) is 3.66. The lowest BCUT2D eigenvalue weighted by Gasteiger charge is -1.96. The number of fused-ring (bicyclic) bond motifs is 6. The van der Waals surface area contributed by atoms with Crippen molar-refractivity contribution in [3.63, 3.8) is 0 Å². The number of hydrogen-bond acceptors (Lipinski definition) is 4. The minimum atomic E-state index is 0.690. The van der Waals surface area contributed by atoms with Crippen LogP contribution in [0.2, 0.25) is 0 Å². The van der Waals surface area contributed by atoms with Gasteiger partial charge in [0.25, 0.3) is 0 Å². The lowest BCUT2D eigenvalue weighted by atomic mass is 10.1. The van der Waals surface area contributed by atoms with Crippen molar-refractivity contribution in [1.29, 1.82) is 5.26 Å². The van der Waals surface area contributed by atoms with Crippen LogP contribution in [0, 0.1) is 11.3 Å². The van der Waals surface area contributed by atoms with Gasteiger partial charge in [0.1, 0.15) is 0 Å². The maximum atomic E-state index is 9.20. The second-order valence-electron chi connectivity index (χ2n) is 8.48. The van der Waals surface area contributed by atoms with Gasteiger partial charge in [0, 0.05) is 44.9 Å². The highest BCUT2D eigenvalue weighted by Crippen LogP contribution is 2.50. The summed E-state index contributed by atoms with van der Waals surface area (Å²) < 4.78 is 4.05. The summed E-state index contributed by atoms with van der Waals surface area (Å²) in [6, 6.07) is 38.6. The second kappa shape index (κ2) is 8.18. The van der Waals surface area contributed by atoms with Gasteiger partial charge >= 0.3 is 0 Å². The summed E-state index contributed by atoms with van der Waals surface area (Å²) in [5, 5.41) is 13.2. The topological polar surface area (TPSA) is 23.8 Å². The summed E-state index contributed by atoms with van der Waals surface area (Å²) in [6.07, 6.45) is 0. The monoisotopic (exact) mass is 499 g/mol. The Labute approximate surface area is 214 Å². The fourth-order valence-electron chi connectivity index (χ4n) is 4.62. The third-order valence-corrected chi connectivity index (χ3v) is 10.00. The van der Waals surface area contributed by atoms with E-state index in [1.54, 1.807) is 0 Å². The molecule has 35 heavy (non-hydrogen) atoms. The molecule has 0 aliphatic carbocycles. The molecule has 0 radical (unpaired) electrons. The molecule has 0 aliphatic rings. The maximum Gasteiger partial charge on any atom is 0.0991 e. The summed E-state index contributed by atoms with van der Waals surface area (Å²) in [5.41, 5.74) is 4.37. The van der Waals surface area contributed by atoms with Gasteiger partial charge in [0.05, 0.1) is 11.6 Å². The molecule has 3 heterocycles. The number of nitrogens with zero attached hydrogens (tertiary/aromatic N) is 1. The van der Waals surface area contributed by atoms with Gasteiger partial charge in [0.2, 0.25) is 0 Å². The largest absolute Gasteiger partial charge is 0.192 e. The van der Waals surface area contributed by atoms with Crippen molar-refractivity contribution in [2.45, 2.75) is 0 Å². The van der Waals surface area contributed by atoms with E-state index in [4.69, 9.17) is 0 Å². The molecule has 0 saturated carbocycles. The van der Waals surface area contributed by atoms with E-state index in [-0.39, 0.29) is 0 Å². The normalized spacial score (nSPS) is 11.4. The Kier molecular flexibility index (Phi) is 4.82. The lowest BCUT2D eigenvalue weighted by Crippen LogP contribution is -1.74. The number of hydrogen-bond donors (Lipinski definition) is 0. The Morgan fingerprint density at radius 3 is 1.20 bits per heavy atom. The van der Waals surface area contributed by atoms with Crippen molar-refractivity contribution in [3.8, 4) is 37.4 Å². The smallest absolute Gasteiger partial charge is 0.0991 e. The molecule has 7 rings (SSSR count). The highest BCUT2D eigenvalue weighted by atomic mass is 32.1. The first-order valence-electron chi connectivity index (χ1n) is 11.3. The van der Waals surface area contributed by atoms with Crippen LogP contribution in [-0.4, -0.2) is 0 Å². The standard InChI is InChI=1S/C31H17NS3/c32-18-19-11-13-22(14-12-19)28-17-25-30-23(15-26(34-30)20-7-3-1-4-8-20)29-24(31(25)35-28)16-27(33-29)21-9-5-2-6-10-21/h1-17H. The molecule has 1 nitrogen and oxygen atoms in total. The molecule has 164 valence electrons. The fourth-order valence-corrected chi connectivity index (χ4v) is 8.39. The summed E-state index contributed by atoms with van der Waals surface area (Å²) in [6.45, 7) is 0. The van der Waals surface area contributed by atoms with Gasteiger partial charge in [-0.1, -0.05) is 72.8 Å². The van der Waals surface area contributed by atoms with Gasteiger partial charge in [-0.05, 0) is 47.0 Å². The molecule has 7 aromatic rings. The van der Waals surface area contributed by atoms with E-state index in [1.807, 2.05) is 46.1 Å². The molecule has 4 aromatic carbocycles. The maximum absolute atomic E-state index is 9.20. The van der Waals surface area contributed by atoms with Crippen molar-refractivity contribution in [3.05, 3.63) is 109 Å². The molecule has 0 fully saturated rings. The molecule has 0 unspecified atom stereocenters. The van der Waals surface area contributed by atoms with Crippen LogP contribution in [0.25, 0.3) is 61.6 Å². The SMILES string of the molecule is N#Cc1ccc(-c2cc3c4sc(-c5ccccc5)cc4c4sc(-c5ccccc5)cc4c3s2)cc1. The fraction of sp³-hybridized carbons (Fsp3) is 0. The van der Waals surface area contributed by atoms with Gasteiger partial charge in [0.15, 0.2) is 0 Å². The van der Waals surface area contributed by atoms with Crippen LogP contribution in [0.5, 0.6) is 0 Å². The van der Waals surface area contributed by atoms with Crippen LogP contribution in [-0.2, 0) is 0 Å². The molecule has 0 aliphatic heterocycles. The van der Waals surface area contributed by atoms with Crippen LogP contribution in [0.15, 0.2) is 103 Å². The van der Waals surface area contributed by atoms with Crippen LogP contribution in [0.1, 0.15) is 5.56 Å². The molecule has 3 aromatic heterocycles.